The molecule has 1 fully saturated rings. The van der Waals surface area contributed by atoms with Crippen molar-refractivity contribution in [3.63, 3.8) is 0 Å². The highest BCUT2D eigenvalue weighted by Crippen LogP contribution is 2.53. The number of nitrogens with zero attached hydrogens (tertiary/aromatic N) is 1. The molecule has 10 heteroatoms. The summed E-state index contributed by atoms with van der Waals surface area (Å²) in [6, 6.07) is 21.6. The average Bonchev–Trinajstić information content (AvgIpc) is 3.38. The molecule has 4 aromatic rings. The zero-order valence-electron chi connectivity index (χ0n) is 19.8. The molecule has 0 amide bonds. The van der Waals surface area contributed by atoms with Crippen LogP contribution in [0.25, 0.3) is 10.4 Å². The van der Waals surface area contributed by atoms with Crippen LogP contribution in [0.3, 0.4) is 0 Å². The van der Waals surface area contributed by atoms with Crippen molar-refractivity contribution in [2.24, 2.45) is 0 Å². The number of thiophene rings is 1. The van der Waals surface area contributed by atoms with Crippen LogP contribution >= 0.6 is 22.9 Å². The summed E-state index contributed by atoms with van der Waals surface area (Å²) in [4.78, 5) is 17.2. The van der Waals surface area contributed by atoms with Gasteiger partial charge in [0.25, 0.3) is 10.0 Å². The molecular formula is C27H24ClN3O4S2. The Morgan fingerprint density at radius 2 is 1.92 bits per heavy atom. The number of pyridine rings is 1. The minimum absolute atomic E-state index is 0.0143. The monoisotopic (exact) mass is 553 g/mol. The van der Waals surface area contributed by atoms with Gasteiger partial charge in [0.15, 0.2) is 0 Å². The highest BCUT2D eigenvalue weighted by Gasteiger charge is 2.63. The normalized spacial score (nSPS) is 19.8. The molecule has 2 aromatic heterocycles. The molecule has 2 heterocycles. The van der Waals surface area contributed by atoms with Crippen LogP contribution in [0.5, 0.6) is 0 Å². The highest BCUT2D eigenvalue weighted by atomic mass is 35.5. The molecule has 0 bridgehead atoms. The van der Waals surface area contributed by atoms with Crippen LogP contribution in [0.2, 0.25) is 5.02 Å². The molecule has 1 aliphatic rings. The summed E-state index contributed by atoms with van der Waals surface area (Å²) >= 11 is 7.03. The standard InChI is InChI=1S/C27H24ClN3O4S2/c1-17(20-5-3-13-29-16-20)30-22-6-2-4-19(14-22)23-15-27(23,26(32)33)31-37(34,35)25-12-11-24(36-25)18-7-9-21(28)10-8-18/h2-14,16-17,23,30-31H,15H2,1H3,(H,32,33)/t17?,23-,27+/m1/s1. The summed E-state index contributed by atoms with van der Waals surface area (Å²) in [6.45, 7) is 2.01. The first-order valence-electron chi connectivity index (χ1n) is 11.6. The third-order valence-electron chi connectivity index (χ3n) is 6.49. The number of aliphatic carboxylic acids is 1. The van der Waals surface area contributed by atoms with Gasteiger partial charge in [0.1, 0.15) is 9.75 Å². The first-order chi connectivity index (χ1) is 17.7. The van der Waals surface area contributed by atoms with E-state index >= 15 is 0 Å². The van der Waals surface area contributed by atoms with Gasteiger partial charge in [-0.1, -0.05) is 41.9 Å². The van der Waals surface area contributed by atoms with Crippen LogP contribution < -0.4 is 10.0 Å². The van der Waals surface area contributed by atoms with Crippen molar-refractivity contribution in [2.45, 2.75) is 35.1 Å². The average molecular weight is 554 g/mol. The second kappa shape index (κ2) is 9.90. The van der Waals surface area contributed by atoms with E-state index < -0.39 is 27.4 Å². The van der Waals surface area contributed by atoms with Gasteiger partial charge in [-0.3, -0.25) is 9.78 Å². The molecular weight excluding hydrogens is 530 g/mol. The van der Waals surface area contributed by atoms with Crippen LogP contribution in [0.15, 0.2) is 89.4 Å². The highest BCUT2D eigenvalue weighted by molar-refractivity contribution is 7.91. The van der Waals surface area contributed by atoms with Crippen LogP contribution in [-0.4, -0.2) is 30.0 Å². The van der Waals surface area contributed by atoms with E-state index in [0.717, 1.165) is 38.6 Å². The fourth-order valence-electron chi connectivity index (χ4n) is 4.39. The third kappa shape index (κ3) is 5.26. The molecule has 3 atom stereocenters. The van der Waals surface area contributed by atoms with E-state index in [0.29, 0.717) is 5.02 Å². The predicted molar refractivity (Wildman–Crippen MR) is 146 cm³/mol. The Kier molecular flexibility index (Phi) is 6.80. The molecule has 1 saturated carbocycles. The molecule has 0 spiro atoms. The summed E-state index contributed by atoms with van der Waals surface area (Å²) in [6.07, 6.45) is 3.67. The molecule has 3 N–H and O–H groups in total. The lowest BCUT2D eigenvalue weighted by molar-refractivity contribution is -0.140. The Balaban J connectivity index is 1.35. The summed E-state index contributed by atoms with van der Waals surface area (Å²) in [7, 11) is -4.06. The topological polar surface area (TPSA) is 108 Å². The molecule has 0 saturated heterocycles. The minimum atomic E-state index is -4.06. The predicted octanol–water partition coefficient (Wildman–Crippen LogP) is 5.93. The number of sulfonamides is 1. The maximum absolute atomic E-state index is 13.2. The van der Waals surface area contributed by atoms with E-state index in [1.54, 1.807) is 30.6 Å². The summed E-state index contributed by atoms with van der Waals surface area (Å²) in [5.74, 6) is -1.69. The number of hydrogen-bond acceptors (Lipinski definition) is 6. The summed E-state index contributed by atoms with van der Waals surface area (Å²) in [5, 5.41) is 14.0. The number of carbonyl (C=O) groups is 1. The van der Waals surface area contributed by atoms with Crippen molar-refractivity contribution in [2.75, 3.05) is 5.32 Å². The SMILES string of the molecule is CC(Nc1cccc([C@H]2C[C@@]2(NS(=O)(=O)c2ccc(-c3ccc(Cl)cc3)s2)C(=O)O)c1)c1cccnc1. The Labute approximate surface area is 224 Å². The Morgan fingerprint density at radius 1 is 1.14 bits per heavy atom. The smallest absolute Gasteiger partial charge is 0.325 e. The van der Waals surface area contributed by atoms with Gasteiger partial charge in [-0.05, 0) is 72.5 Å². The Morgan fingerprint density at radius 3 is 2.62 bits per heavy atom. The zero-order chi connectivity index (χ0) is 26.2. The van der Waals surface area contributed by atoms with E-state index in [1.807, 2.05) is 55.5 Å². The lowest BCUT2D eigenvalue weighted by Gasteiger charge is -2.17. The Bertz CT molecular complexity index is 1540. The van der Waals surface area contributed by atoms with Crippen molar-refractivity contribution >= 4 is 44.6 Å². The fourth-order valence-corrected chi connectivity index (χ4v) is 7.24. The lowest BCUT2D eigenvalue weighted by Crippen LogP contribution is -2.44. The van der Waals surface area contributed by atoms with Gasteiger partial charge in [0.05, 0.1) is 6.04 Å². The number of benzene rings is 2. The second-order valence-corrected chi connectivity index (χ2v) is 12.5. The maximum atomic E-state index is 13.2. The van der Waals surface area contributed by atoms with E-state index in [4.69, 9.17) is 11.6 Å². The zero-order valence-corrected chi connectivity index (χ0v) is 22.1. The molecule has 190 valence electrons. The van der Waals surface area contributed by atoms with E-state index in [9.17, 15) is 18.3 Å². The number of anilines is 1. The molecule has 2 aromatic carbocycles. The van der Waals surface area contributed by atoms with Crippen molar-refractivity contribution in [3.05, 3.63) is 101 Å². The maximum Gasteiger partial charge on any atom is 0.325 e. The molecule has 37 heavy (non-hydrogen) atoms. The van der Waals surface area contributed by atoms with Gasteiger partial charge in [-0.2, -0.15) is 4.72 Å². The van der Waals surface area contributed by atoms with Crippen molar-refractivity contribution < 1.29 is 18.3 Å². The molecule has 5 rings (SSSR count). The van der Waals surface area contributed by atoms with Gasteiger partial charge < -0.3 is 10.4 Å². The van der Waals surface area contributed by atoms with Gasteiger partial charge in [0, 0.05) is 33.9 Å². The van der Waals surface area contributed by atoms with Crippen LogP contribution in [0, 0.1) is 0 Å². The second-order valence-electron chi connectivity index (χ2n) is 9.04. The van der Waals surface area contributed by atoms with Gasteiger partial charge in [-0.25, -0.2) is 8.42 Å². The molecule has 0 radical (unpaired) electrons. The van der Waals surface area contributed by atoms with Crippen molar-refractivity contribution in [1.29, 1.82) is 0 Å². The number of carboxylic acid groups (broad SMARTS) is 1. The lowest BCUT2D eigenvalue weighted by atomic mass is 10.0. The number of hydrogen-bond donors (Lipinski definition) is 3. The first-order valence-corrected chi connectivity index (χ1v) is 14.3. The minimum Gasteiger partial charge on any atom is -0.480 e. The molecule has 1 unspecified atom stereocenters. The largest absolute Gasteiger partial charge is 0.480 e. The van der Waals surface area contributed by atoms with E-state index in [2.05, 4.69) is 15.0 Å². The Hall–Kier alpha value is -3.24. The van der Waals surface area contributed by atoms with Crippen molar-refractivity contribution in [3.8, 4) is 10.4 Å². The molecule has 1 aliphatic carbocycles. The number of nitrogens with one attached hydrogen (secondary N) is 2. The fraction of sp³-hybridized carbons (Fsp3) is 0.185. The van der Waals surface area contributed by atoms with E-state index in [1.165, 1.54) is 6.07 Å². The van der Waals surface area contributed by atoms with Crippen LogP contribution in [0.1, 0.15) is 36.4 Å². The number of aromatic nitrogens is 1. The van der Waals surface area contributed by atoms with E-state index in [-0.39, 0.29) is 16.7 Å². The van der Waals surface area contributed by atoms with Gasteiger partial charge in [-0.15, -0.1) is 11.3 Å². The number of halogens is 1. The number of carboxylic acids is 1. The summed E-state index contributed by atoms with van der Waals surface area (Å²) < 4.78 is 29.0. The molecule has 7 nitrogen and oxygen atoms in total. The third-order valence-corrected chi connectivity index (χ3v) is 9.88. The van der Waals surface area contributed by atoms with Gasteiger partial charge >= 0.3 is 5.97 Å². The summed E-state index contributed by atoms with van der Waals surface area (Å²) in [5.41, 5.74) is 1.81. The number of rotatable bonds is 9. The quantitative estimate of drug-likeness (QED) is 0.237. The van der Waals surface area contributed by atoms with Crippen LogP contribution in [0.4, 0.5) is 5.69 Å². The molecule has 0 aliphatic heterocycles. The van der Waals surface area contributed by atoms with Crippen LogP contribution in [-0.2, 0) is 14.8 Å². The van der Waals surface area contributed by atoms with Gasteiger partial charge in [0.2, 0.25) is 0 Å². The van der Waals surface area contributed by atoms with Crippen molar-refractivity contribution in [1.82, 2.24) is 9.71 Å². The first kappa shape index (κ1) is 25.4.